The minimum absolute atomic E-state index is 0.0224. The van der Waals surface area contributed by atoms with Crippen LogP contribution in [0.25, 0.3) is 10.9 Å². The van der Waals surface area contributed by atoms with Crippen LogP contribution in [0.2, 0.25) is 0 Å². The molecule has 0 aliphatic heterocycles. The normalized spacial score (nSPS) is 16.4. The first kappa shape index (κ1) is 17.3. The third-order valence-corrected chi connectivity index (χ3v) is 4.82. The lowest BCUT2D eigenvalue weighted by atomic mass is 9.91. The summed E-state index contributed by atoms with van der Waals surface area (Å²) < 4.78 is 1.91. The number of rotatable bonds is 6. The summed E-state index contributed by atoms with van der Waals surface area (Å²) in [6.07, 6.45) is 4.37. The van der Waals surface area contributed by atoms with Crippen molar-refractivity contribution in [1.29, 1.82) is 0 Å². The number of benzene rings is 1. The number of carbonyl (C=O) groups is 2. The van der Waals surface area contributed by atoms with Crippen LogP contribution in [-0.4, -0.2) is 34.3 Å². The number of aromatic nitrogens is 1. The van der Waals surface area contributed by atoms with E-state index >= 15 is 0 Å². The van der Waals surface area contributed by atoms with Crippen molar-refractivity contribution in [3.63, 3.8) is 0 Å². The number of urea groups is 1. The maximum absolute atomic E-state index is 12.0. The van der Waals surface area contributed by atoms with Gasteiger partial charge in [-0.3, -0.25) is 4.79 Å². The van der Waals surface area contributed by atoms with Gasteiger partial charge < -0.3 is 20.3 Å². The van der Waals surface area contributed by atoms with Crippen LogP contribution in [0.3, 0.4) is 0 Å². The molecule has 0 saturated heterocycles. The van der Waals surface area contributed by atoms with Gasteiger partial charge in [0.15, 0.2) is 0 Å². The van der Waals surface area contributed by atoms with Crippen LogP contribution >= 0.6 is 0 Å². The summed E-state index contributed by atoms with van der Waals surface area (Å²) in [5.74, 6) is -0.834. The fourth-order valence-corrected chi connectivity index (χ4v) is 3.66. The zero-order chi connectivity index (χ0) is 17.8. The van der Waals surface area contributed by atoms with Crippen molar-refractivity contribution in [3.8, 4) is 0 Å². The predicted octanol–water partition coefficient (Wildman–Crippen LogP) is 2.68. The number of fused-ring (bicyclic) bond motifs is 3. The summed E-state index contributed by atoms with van der Waals surface area (Å²) in [4.78, 5) is 23.3. The zero-order valence-electron chi connectivity index (χ0n) is 14.5. The lowest BCUT2D eigenvalue weighted by Crippen LogP contribution is -2.44. The summed E-state index contributed by atoms with van der Waals surface area (Å²) >= 11 is 0. The first-order valence-corrected chi connectivity index (χ1v) is 8.95. The molecule has 0 saturated carbocycles. The third-order valence-electron chi connectivity index (χ3n) is 4.82. The Hall–Kier alpha value is -2.50. The van der Waals surface area contributed by atoms with E-state index in [0.717, 1.165) is 48.7 Å². The fraction of sp³-hybridized carbons (Fsp3) is 0.474. The Morgan fingerprint density at radius 3 is 2.88 bits per heavy atom. The molecule has 1 unspecified atom stereocenters. The molecule has 3 N–H and O–H groups in total. The van der Waals surface area contributed by atoms with E-state index in [4.69, 9.17) is 0 Å². The second-order valence-corrected chi connectivity index (χ2v) is 6.62. The summed E-state index contributed by atoms with van der Waals surface area (Å²) in [5.41, 5.74) is 3.22. The van der Waals surface area contributed by atoms with E-state index in [9.17, 15) is 14.7 Å². The monoisotopic (exact) mass is 343 g/mol. The van der Waals surface area contributed by atoms with Gasteiger partial charge in [-0.15, -0.1) is 0 Å². The van der Waals surface area contributed by atoms with Crippen LogP contribution in [0.15, 0.2) is 24.3 Å². The Labute approximate surface area is 147 Å². The van der Waals surface area contributed by atoms with E-state index < -0.39 is 5.97 Å². The molecule has 0 fully saturated rings. The van der Waals surface area contributed by atoms with Crippen molar-refractivity contribution >= 4 is 22.9 Å². The maximum atomic E-state index is 12.0. The summed E-state index contributed by atoms with van der Waals surface area (Å²) in [6.45, 7) is 2.76. The van der Waals surface area contributed by atoms with Crippen LogP contribution in [0, 0.1) is 0 Å². The highest BCUT2D eigenvalue weighted by Gasteiger charge is 2.26. The molecule has 1 atom stereocenters. The summed E-state index contributed by atoms with van der Waals surface area (Å²) in [5, 5.41) is 16.3. The summed E-state index contributed by atoms with van der Waals surface area (Å²) in [7, 11) is 0. The van der Waals surface area contributed by atoms with E-state index in [1.807, 2.05) is 28.8 Å². The quantitative estimate of drug-likeness (QED) is 0.705. The zero-order valence-corrected chi connectivity index (χ0v) is 14.5. The maximum Gasteiger partial charge on any atom is 0.323 e. The third kappa shape index (κ3) is 3.78. The SMILES string of the molecule is CCCCNC(=O)NC1CCc2c(c3ccccc3n2CC(=O)O)C1. The molecule has 0 radical (unpaired) electrons. The molecule has 134 valence electrons. The first-order chi connectivity index (χ1) is 12.1. The lowest BCUT2D eigenvalue weighted by molar-refractivity contribution is -0.137. The van der Waals surface area contributed by atoms with Gasteiger partial charge in [0.2, 0.25) is 0 Å². The van der Waals surface area contributed by atoms with Gasteiger partial charge in [-0.25, -0.2) is 4.79 Å². The molecule has 1 aliphatic rings. The van der Waals surface area contributed by atoms with Crippen molar-refractivity contribution < 1.29 is 14.7 Å². The van der Waals surface area contributed by atoms with Crippen LogP contribution in [0.4, 0.5) is 4.79 Å². The Morgan fingerprint density at radius 1 is 1.32 bits per heavy atom. The van der Waals surface area contributed by atoms with Crippen LogP contribution < -0.4 is 10.6 Å². The molecule has 1 aromatic heterocycles. The second kappa shape index (κ2) is 7.59. The van der Waals surface area contributed by atoms with Gasteiger partial charge >= 0.3 is 12.0 Å². The average molecular weight is 343 g/mol. The van der Waals surface area contributed by atoms with Crippen molar-refractivity contribution in [1.82, 2.24) is 15.2 Å². The lowest BCUT2D eigenvalue weighted by Gasteiger charge is -2.25. The number of carbonyl (C=O) groups excluding carboxylic acids is 1. The molecule has 2 amide bonds. The molecule has 1 aromatic carbocycles. The van der Waals surface area contributed by atoms with Gasteiger partial charge in [-0.05, 0) is 37.3 Å². The highest BCUT2D eigenvalue weighted by molar-refractivity contribution is 5.87. The molecule has 25 heavy (non-hydrogen) atoms. The van der Waals surface area contributed by atoms with Gasteiger partial charge in [-0.2, -0.15) is 0 Å². The molecule has 1 aliphatic carbocycles. The Morgan fingerprint density at radius 2 is 2.12 bits per heavy atom. The van der Waals surface area contributed by atoms with E-state index in [-0.39, 0.29) is 18.6 Å². The number of nitrogens with zero attached hydrogens (tertiary/aromatic N) is 1. The molecular formula is C19H25N3O3. The van der Waals surface area contributed by atoms with E-state index in [2.05, 4.69) is 17.6 Å². The van der Waals surface area contributed by atoms with Gasteiger partial charge in [0.05, 0.1) is 0 Å². The van der Waals surface area contributed by atoms with Crippen LogP contribution in [-0.2, 0) is 24.2 Å². The van der Waals surface area contributed by atoms with Crippen LogP contribution in [0.5, 0.6) is 0 Å². The fourth-order valence-electron chi connectivity index (χ4n) is 3.66. The summed E-state index contributed by atoms with van der Waals surface area (Å²) in [6, 6.07) is 7.88. The average Bonchev–Trinajstić information content (AvgIpc) is 2.89. The molecule has 0 bridgehead atoms. The topological polar surface area (TPSA) is 83.4 Å². The smallest absolute Gasteiger partial charge is 0.323 e. The van der Waals surface area contributed by atoms with Gasteiger partial charge in [-0.1, -0.05) is 31.5 Å². The minimum Gasteiger partial charge on any atom is -0.480 e. The highest BCUT2D eigenvalue weighted by atomic mass is 16.4. The molecule has 1 heterocycles. The molecule has 0 spiro atoms. The van der Waals surface area contributed by atoms with Crippen molar-refractivity contribution in [3.05, 3.63) is 35.5 Å². The number of amides is 2. The standard InChI is InChI=1S/C19H25N3O3/c1-2-3-10-20-19(25)21-13-8-9-17-15(11-13)14-6-4-5-7-16(14)22(17)12-18(23)24/h4-7,13H,2-3,8-12H2,1H3,(H,23,24)(H2,20,21,25). The van der Waals surface area contributed by atoms with Crippen LogP contribution in [0.1, 0.15) is 37.4 Å². The van der Waals surface area contributed by atoms with E-state index in [1.165, 1.54) is 5.56 Å². The van der Waals surface area contributed by atoms with Gasteiger partial charge in [0, 0.05) is 29.2 Å². The van der Waals surface area contributed by atoms with Crippen molar-refractivity contribution in [2.75, 3.05) is 6.54 Å². The van der Waals surface area contributed by atoms with E-state index in [1.54, 1.807) is 0 Å². The first-order valence-electron chi connectivity index (χ1n) is 8.95. The number of unbranched alkanes of at least 4 members (excludes halogenated alkanes) is 1. The van der Waals surface area contributed by atoms with E-state index in [0.29, 0.717) is 6.54 Å². The predicted molar refractivity (Wildman–Crippen MR) is 96.8 cm³/mol. The Bertz CT molecular complexity index is 782. The molecule has 2 aromatic rings. The number of hydrogen-bond acceptors (Lipinski definition) is 2. The molecule has 3 rings (SSSR count). The van der Waals surface area contributed by atoms with Gasteiger partial charge in [0.1, 0.15) is 6.54 Å². The highest BCUT2D eigenvalue weighted by Crippen LogP contribution is 2.32. The Balaban J connectivity index is 1.79. The van der Waals surface area contributed by atoms with Crippen molar-refractivity contribution in [2.45, 2.75) is 51.6 Å². The number of hydrogen-bond donors (Lipinski definition) is 3. The number of carboxylic acids is 1. The largest absolute Gasteiger partial charge is 0.480 e. The Kier molecular flexibility index (Phi) is 5.26. The molecule has 6 heteroatoms. The number of carboxylic acid groups (broad SMARTS) is 1. The second-order valence-electron chi connectivity index (χ2n) is 6.62. The molecule has 6 nitrogen and oxygen atoms in total. The molecular weight excluding hydrogens is 318 g/mol. The minimum atomic E-state index is -0.834. The van der Waals surface area contributed by atoms with Crippen molar-refractivity contribution in [2.24, 2.45) is 0 Å². The number of para-hydroxylation sites is 1. The number of nitrogens with one attached hydrogen (secondary N) is 2. The van der Waals surface area contributed by atoms with Gasteiger partial charge in [0.25, 0.3) is 0 Å². The number of aliphatic carboxylic acids is 1.